The molecule has 14 heavy (non-hydrogen) atoms. The largest absolute Gasteiger partial charge is 0.428 e. The Morgan fingerprint density at radius 3 is 2.43 bits per heavy atom. The SMILES string of the molecule is Cc1oc(N2CCN(C)CC2)nc1Br. The summed E-state index contributed by atoms with van der Waals surface area (Å²) in [7, 11) is 2.13. The smallest absolute Gasteiger partial charge is 0.298 e. The van der Waals surface area contributed by atoms with Crippen LogP contribution in [-0.2, 0) is 0 Å². The van der Waals surface area contributed by atoms with E-state index in [1.165, 1.54) is 0 Å². The van der Waals surface area contributed by atoms with Gasteiger partial charge in [0.1, 0.15) is 10.4 Å². The molecule has 0 N–H and O–H groups in total. The number of piperazine rings is 1. The fourth-order valence-electron chi connectivity index (χ4n) is 1.50. The van der Waals surface area contributed by atoms with Gasteiger partial charge in [-0.15, -0.1) is 0 Å². The summed E-state index contributed by atoms with van der Waals surface area (Å²) in [6.07, 6.45) is 0. The van der Waals surface area contributed by atoms with Gasteiger partial charge in [-0.3, -0.25) is 0 Å². The van der Waals surface area contributed by atoms with Crippen LogP contribution in [0.15, 0.2) is 9.02 Å². The molecule has 1 aliphatic heterocycles. The first kappa shape index (κ1) is 9.98. The summed E-state index contributed by atoms with van der Waals surface area (Å²) in [6, 6.07) is 0.738. The van der Waals surface area contributed by atoms with Gasteiger partial charge in [0.15, 0.2) is 0 Å². The Bertz CT molecular complexity index is 298. The monoisotopic (exact) mass is 259 g/mol. The summed E-state index contributed by atoms with van der Waals surface area (Å²) < 4.78 is 6.35. The molecule has 0 atom stereocenters. The predicted molar refractivity (Wildman–Crippen MR) is 58.7 cm³/mol. The second-order valence-electron chi connectivity index (χ2n) is 3.63. The van der Waals surface area contributed by atoms with Gasteiger partial charge in [-0.05, 0) is 29.9 Å². The molecule has 4 nitrogen and oxygen atoms in total. The van der Waals surface area contributed by atoms with Gasteiger partial charge in [-0.2, -0.15) is 4.98 Å². The molecule has 0 amide bonds. The first-order chi connectivity index (χ1) is 6.66. The van der Waals surface area contributed by atoms with Crippen molar-refractivity contribution in [3.05, 3.63) is 10.4 Å². The van der Waals surface area contributed by atoms with Crippen LogP contribution in [0.5, 0.6) is 0 Å². The minimum absolute atomic E-state index is 0.738. The number of oxazole rings is 1. The maximum absolute atomic E-state index is 5.54. The van der Waals surface area contributed by atoms with Crippen molar-refractivity contribution in [2.45, 2.75) is 6.92 Å². The summed E-state index contributed by atoms with van der Waals surface area (Å²) in [5.74, 6) is 0.846. The Hall–Kier alpha value is -0.550. The summed E-state index contributed by atoms with van der Waals surface area (Å²) in [4.78, 5) is 8.80. The summed E-state index contributed by atoms with van der Waals surface area (Å²) >= 11 is 3.35. The lowest BCUT2D eigenvalue weighted by Crippen LogP contribution is -2.44. The van der Waals surface area contributed by atoms with Gasteiger partial charge in [0.2, 0.25) is 0 Å². The van der Waals surface area contributed by atoms with E-state index < -0.39 is 0 Å². The van der Waals surface area contributed by atoms with Gasteiger partial charge >= 0.3 is 0 Å². The number of hydrogen-bond donors (Lipinski definition) is 0. The van der Waals surface area contributed by atoms with Crippen molar-refractivity contribution in [2.75, 3.05) is 38.1 Å². The zero-order valence-corrected chi connectivity index (χ0v) is 10.0. The van der Waals surface area contributed by atoms with E-state index in [0.717, 1.165) is 42.6 Å². The number of anilines is 1. The van der Waals surface area contributed by atoms with Gasteiger partial charge in [0.05, 0.1) is 0 Å². The molecule has 1 saturated heterocycles. The highest BCUT2D eigenvalue weighted by Gasteiger charge is 2.19. The third-order valence-electron chi connectivity index (χ3n) is 2.50. The van der Waals surface area contributed by atoms with E-state index in [0.29, 0.717) is 0 Å². The second-order valence-corrected chi connectivity index (χ2v) is 4.38. The molecular formula is C9H14BrN3O. The molecular weight excluding hydrogens is 246 g/mol. The summed E-state index contributed by atoms with van der Waals surface area (Å²) in [6.45, 7) is 6.03. The molecule has 0 radical (unpaired) electrons. The van der Waals surface area contributed by atoms with E-state index in [4.69, 9.17) is 4.42 Å². The maximum Gasteiger partial charge on any atom is 0.298 e. The first-order valence-corrected chi connectivity index (χ1v) is 5.52. The van der Waals surface area contributed by atoms with Crippen LogP contribution < -0.4 is 4.90 Å². The van der Waals surface area contributed by atoms with E-state index in [1.807, 2.05) is 6.92 Å². The van der Waals surface area contributed by atoms with Crippen molar-refractivity contribution in [1.82, 2.24) is 9.88 Å². The molecule has 1 aromatic rings. The zero-order chi connectivity index (χ0) is 10.1. The number of aromatic nitrogens is 1. The molecule has 1 aromatic heterocycles. The van der Waals surface area contributed by atoms with Gasteiger partial charge in [-0.25, -0.2) is 0 Å². The van der Waals surface area contributed by atoms with Crippen LogP contribution >= 0.6 is 15.9 Å². The standard InChI is InChI=1S/C9H14BrN3O/c1-7-8(10)11-9(14-7)13-5-3-12(2)4-6-13/h3-6H2,1-2H3. The molecule has 1 aliphatic rings. The maximum atomic E-state index is 5.54. The average molecular weight is 260 g/mol. The van der Waals surface area contributed by atoms with Crippen molar-refractivity contribution in [3.8, 4) is 0 Å². The van der Waals surface area contributed by atoms with Gasteiger partial charge < -0.3 is 14.2 Å². The Morgan fingerprint density at radius 2 is 1.93 bits per heavy atom. The molecule has 1 fully saturated rings. The third-order valence-corrected chi connectivity index (χ3v) is 3.24. The van der Waals surface area contributed by atoms with E-state index in [2.05, 4.69) is 37.8 Å². The van der Waals surface area contributed by atoms with Gasteiger partial charge in [0.25, 0.3) is 6.01 Å². The van der Waals surface area contributed by atoms with Crippen LogP contribution in [0.4, 0.5) is 6.01 Å². The van der Waals surface area contributed by atoms with E-state index in [1.54, 1.807) is 0 Å². The number of rotatable bonds is 1. The van der Waals surface area contributed by atoms with Crippen LogP contribution in [0.25, 0.3) is 0 Å². The molecule has 5 heteroatoms. The van der Waals surface area contributed by atoms with Crippen molar-refractivity contribution in [3.63, 3.8) is 0 Å². The number of nitrogens with zero attached hydrogens (tertiary/aromatic N) is 3. The number of halogens is 1. The molecule has 0 unspecified atom stereocenters. The Labute approximate surface area is 92.0 Å². The fraction of sp³-hybridized carbons (Fsp3) is 0.667. The quantitative estimate of drug-likeness (QED) is 0.766. The van der Waals surface area contributed by atoms with E-state index in [-0.39, 0.29) is 0 Å². The molecule has 78 valence electrons. The Morgan fingerprint density at radius 1 is 1.29 bits per heavy atom. The highest BCUT2D eigenvalue weighted by molar-refractivity contribution is 9.10. The lowest BCUT2D eigenvalue weighted by molar-refractivity contribution is 0.304. The Kier molecular flexibility index (Phi) is 2.78. The number of hydrogen-bond acceptors (Lipinski definition) is 4. The lowest BCUT2D eigenvalue weighted by Gasteiger charge is -2.31. The van der Waals surface area contributed by atoms with Crippen LogP contribution in [0.2, 0.25) is 0 Å². The van der Waals surface area contributed by atoms with Crippen LogP contribution in [0.1, 0.15) is 5.76 Å². The molecule has 0 aliphatic carbocycles. The normalized spacial score (nSPS) is 18.9. The van der Waals surface area contributed by atoms with Crippen LogP contribution in [0.3, 0.4) is 0 Å². The molecule has 0 saturated carbocycles. The molecule has 0 aromatic carbocycles. The van der Waals surface area contributed by atoms with Gasteiger partial charge in [0, 0.05) is 26.2 Å². The van der Waals surface area contributed by atoms with E-state index >= 15 is 0 Å². The van der Waals surface area contributed by atoms with Crippen LogP contribution in [-0.4, -0.2) is 43.1 Å². The summed E-state index contributed by atoms with van der Waals surface area (Å²) in [5, 5.41) is 0. The van der Waals surface area contributed by atoms with Crippen molar-refractivity contribution in [2.24, 2.45) is 0 Å². The molecule has 0 spiro atoms. The van der Waals surface area contributed by atoms with Crippen molar-refractivity contribution < 1.29 is 4.42 Å². The first-order valence-electron chi connectivity index (χ1n) is 4.73. The van der Waals surface area contributed by atoms with Crippen molar-refractivity contribution >= 4 is 21.9 Å². The highest BCUT2D eigenvalue weighted by atomic mass is 79.9. The van der Waals surface area contributed by atoms with E-state index in [9.17, 15) is 0 Å². The number of aryl methyl sites for hydroxylation is 1. The number of likely N-dealkylation sites (N-methyl/N-ethyl adjacent to an activating group) is 1. The molecule has 0 bridgehead atoms. The predicted octanol–water partition coefficient (Wildman–Crippen LogP) is 1.50. The summed E-state index contributed by atoms with van der Waals surface area (Å²) in [5.41, 5.74) is 0. The average Bonchev–Trinajstić information content (AvgIpc) is 2.48. The molecule has 2 rings (SSSR count). The third kappa shape index (κ3) is 1.93. The Balaban J connectivity index is 2.08. The van der Waals surface area contributed by atoms with Gasteiger partial charge in [-0.1, -0.05) is 0 Å². The lowest BCUT2D eigenvalue weighted by atomic mass is 10.3. The second kappa shape index (κ2) is 3.90. The van der Waals surface area contributed by atoms with Crippen LogP contribution in [0, 0.1) is 6.92 Å². The zero-order valence-electron chi connectivity index (χ0n) is 8.46. The minimum atomic E-state index is 0.738. The molecule has 2 heterocycles. The topological polar surface area (TPSA) is 32.5 Å². The minimum Gasteiger partial charge on any atom is -0.428 e. The highest BCUT2D eigenvalue weighted by Crippen LogP contribution is 2.22. The van der Waals surface area contributed by atoms with Crippen molar-refractivity contribution in [1.29, 1.82) is 0 Å². The fourth-order valence-corrected chi connectivity index (χ4v) is 1.73.